The van der Waals surface area contributed by atoms with Gasteiger partial charge in [0.25, 0.3) is 5.91 Å². The van der Waals surface area contributed by atoms with Gasteiger partial charge in [-0.25, -0.2) is 0 Å². The second-order valence-corrected chi connectivity index (χ2v) is 7.93. The third-order valence-electron chi connectivity index (χ3n) is 6.04. The van der Waals surface area contributed by atoms with E-state index in [1.54, 1.807) is 0 Å². The van der Waals surface area contributed by atoms with Gasteiger partial charge in [-0.3, -0.25) is 14.5 Å². The van der Waals surface area contributed by atoms with Crippen molar-refractivity contribution in [2.75, 3.05) is 39.5 Å². The predicted octanol–water partition coefficient (Wildman–Crippen LogP) is 2.23. The van der Waals surface area contributed by atoms with Crippen molar-refractivity contribution < 1.29 is 19.1 Å². The second kappa shape index (κ2) is 10.0. The summed E-state index contributed by atoms with van der Waals surface area (Å²) in [5.74, 6) is -0.596. The minimum Gasteiger partial charge on any atom is -0.455 e. The Labute approximate surface area is 167 Å². The number of hydrogen-bond donors (Lipinski definition) is 1. The average molecular weight is 389 g/mol. The first kappa shape index (κ1) is 20.8. The Morgan fingerprint density at radius 2 is 1.86 bits per heavy atom. The van der Waals surface area contributed by atoms with Crippen LogP contribution in [0.15, 0.2) is 24.3 Å². The highest BCUT2D eigenvalue weighted by molar-refractivity contribution is 5.81. The number of nitrogens with one attached hydrogen (secondary N) is 1. The van der Waals surface area contributed by atoms with Gasteiger partial charge >= 0.3 is 5.97 Å². The number of amides is 1. The Balaban J connectivity index is 1.46. The quantitative estimate of drug-likeness (QED) is 0.726. The lowest BCUT2D eigenvalue weighted by atomic mass is 9.79. The number of aryl methyl sites for hydroxylation is 1. The molecule has 1 aromatic rings. The first-order valence-electron chi connectivity index (χ1n) is 10.4. The molecule has 6 nitrogen and oxygen atoms in total. The molecule has 1 amide bonds. The number of esters is 1. The summed E-state index contributed by atoms with van der Waals surface area (Å²) in [6.45, 7) is 5.71. The molecule has 1 saturated heterocycles. The lowest BCUT2D eigenvalue weighted by Crippen LogP contribution is -2.59. The molecule has 28 heavy (non-hydrogen) atoms. The fraction of sp³-hybridized carbons (Fsp3) is 0.636. The van der Waals surface area contributed by atoms with Crippen LogP contribution in [0.2, 0.25) is 0 Å². The van der Waals surface area contributed by atoms with Gasteiger partial charge in [-0.15, -0.1) is 0 Å². The Morgan fingerprint density at radius 1 is 1.14 bits per heavy atom. The lowest BCUT2D eigenvalue weighted by Gasteiger charge is -2.48. The number of ether oxygens (including phenoxy) is 2. The number of rotatable bonds is 7. The third kappa shape index (κ3) is 5.55. The van der Waals surface area contributed by atoms with Crippen LogP contribution in [-0.2, 0) is 25.5 Å². The van der Waals surface area contributed by atoms with Gasteiger partial charge in [-0.1, -0.05) is 43.5 Å². The largest absolute Gasteiger partial charge is 0.455 e. The normalized spacial score (nSPS) is 19.8. The minimum absolute atomic E-state index is 0.0167. The maximum absolute atomic E-state index is 12.3. The van der Waals surface area contributed by atoms with E-state index in [0.717, 1.165) is 50.3 Å². The zero-order chi connectivity index (χ0) is 19.8. The van der Waals surface area contributed by atoms with Crippen molar-refractivity contribution in [3.63, 3.8) is 0 Å². The molecule has 0 unspecified atom stereocenters. The average Bonchev–Trinajstić information content (AvgIpc) is 2.74. The first-order chi connectivity index (χ1) is 13.6. The molecule has 1 aromatic carbocycles. The number of nitrogens with zero attached hydrogens (tertiary/aromatic N) is 1. The maximum Gasteiger partial charge on any atom is 0.310 e. The molecule has 2 fully saturated rings. The standard InChI is InChI=1S/C22H32N2O4/c1-18-7-3-4-8-19(18)15-21(26)28-16-20(25)23-17-22(9-5-2-6-10-22)24-11-13-27-14-12-24/h3-4,7-8H,2,5-6,9-17H2,1H3,(H,23,25). The van der Waals surface area contributed by atoms with E-state index in [2.05, 4.69) is 10.2 Å². The van der Waals surface area contributed by atoms with Crippen LogP contribution in [0.3, 0.4) is 0 Å². The molecule has 1 saturated carbocycles. The van der Waals surface area contributed by atoms with Crippen molar-refractivity contribution in [1.29, 1.82) is 0 Å². The van der Waals surface area contributed by atoms with Crippen LogP contribution in [0.5, 0.6) is 0 Å². The van der Waals surface area contributed by atoms with E-state index in [1.165, 1.54) is 19.3 Å². The lowest BCUT2D eigenvalue weighted by molar-refractivity contribution is -0.148. The van der Waals surface area contributed by atoms with Gasteiger partial charge in [0.2, 0.25) is 0 Å². The van der Waals surface area contributed by atoms with Crippen LogP contribution in [0.25, 0.3) is 0 Å². The molecule has 6 heteroatoms. The molecule has 154 valence electrons. The van der Waals surface area contributed by atoms with Crippen LogP contribution in [0.1, 0.15) is 43.2 Å². The Morgan fingerprint density at radius 3 is 2.57 bits per heavy atom. The van der Waals surface area contributed by atoms with E-state index in [-0.39, 0.29) is 30.4 Å². The van der Waals surface area contributed by atoms with Crippen LogP contribution < -0.4 is 5.32 Å². The monoisotopic (exact) mass is 388 g/mol. The van der Waals surface area contributed by atoms with Crippen molar-refractivity contribution >= 4 is 11.9 Å². The van der Waals surface area contributed by atoms with Crippen LogP contribution in [0.4, 0.5) is 0 Å². The van der Waals surface area contributed by atoms with Gasteiger partial charge in [-0.2, -0.15) is 0 Å². The van der Waals surface area contributed by atoms with E-state index in [4.69, 9.17) is 9.47 Å². The number of hydrogen-bond acceptors (Lipinski definition) is 5. The zero-order valence-electron chi connectivity index (χ0n) is 16.9. The van der Waals surface area contributed by atoms with E-state index in [9.17, 15) is 9.59 Å². The molecule has 1 N–H and O–H groups in total. The Bertz CT molecular complexity index is 664. The van der Waals surface area contributed by atoms with Gasteiger partial charge in [0.15, 0.2) is 6.61 Å². The van der Waals surface area contributed by atoms with Gasteiger partial charge in [0.05, 0.1) is 19.6 Å². The number of carbonyl (C=O) groups excluding carboxylic acids is 2. The number of benzene rings is 1. The highest BCUT2D eigenvalue weighted by Crippen LogP contribution is 2.33. The predicted molar refractivity (Wildman–Crippen MR) is 107 cm³/mol. The third-order valence-corrected chi connectivity index (χ3v) is 6.04. The molecular formula is C22H32N2O4. The van der Waals surface area contributed by atoms with Crippen LogP contribution in [-0.4, -0.2) is 61.8 Å². The smallest absolute Gasteiger partial charge is 0.310 e. The molecule has 0 radical (unpaired) electrons. The summed E-state index contributed by atoms with van der Waals surface area (Å²) < 4.78 is 10.7. The van der Waals surface area contributed by atoms with Crippen molar-refractivity contribution in [2.45, 2.75) is 51.0 Å². The summed E-state index contributed by atoms with van der Waals surface area (Å²) in [7, 11) is 0. The Kier molecular flexibility index (Phi) is 7.45. The number of carbonyl (C=O) groups is 2. The fourth-order valence-electron chi connectivity index (χ4n) is 4.33. The molecule has 0 spiro atoms. The summed E-state index contributed by atoms with van der Waals surface area (Å²) in [6.07, 6.45) is 6.03. The SMILES string of the molecule is Cc1ccccc1CC(=O)OCC(=O)NCC1(N2CCOCC2)CCCCC1. The second-order valence-electron chi connectivity index (χ2n) is 7.93. The van der Waals surface area contributed by atoms with Gasteiger partial charge in [0, 0.05) is 25.2 Å². The molecule has 0 atom stereocenters. The minimum atomic E-state index is -0.370. The summed E-state index contributed by atoms with van der Waals surface area (Å²) in [5.41, 5.74) is 2.00. The molecule has 1 heterocycles. The van der Waals surface area contributed by atoms with E-state index < -0.39 is 0 Å². The zero-order valence-corrected chi connectivity index (χ0v) is 16.9. The Hall–Kier alpha value is -1.92. The molecule has 0 aromatic heterocycles. The highest BCUT2D eigenvalue weighted by atomic mass is 16.5. The summed E-state index contributed by atoms with van der Waals surface area (Å²) in [4.78, 5) is 26.9. The maximum atomic E-state index is 12.3. The van der Waals surface area contributed by atoms with Crippen molar-refractivity contribution in [2.24, 2.45) is 0 Å². The van der Waals surface area contributed by atoms with E-state index in [0.29, 0.717) is 6.54 Å². The summed E-state index contributed by atoms with van der Waals surface area (Å²) in [5, 5.41) is 3.02. The van der Waals surface area contributed by atoms with Crippen molar-refractivity contribution in [3.05, 3.63) is 35.4 Å². The van der Waals surface area contributed by atoms with Gasteiger partial charge in [0.1, 0.15) is 0 Å². The summed E-state index contributed by atoms with van der Waals surface area (Å²) >= 11 is 0. The van der Waals surface area contributed by atoms with Crippen molar-refractivity contribution in [3.8, 4) is 0 Å². The molecule has 3 rings (SSSR count). The first-order valence-corrected chi connectivity index (χ1v) is 10.4. The molecule has 0 bridgehead atoms. The van der Waals surface area contributed by atoms with E-state index in [1.807, 2.05) is 31.2 Å². The molecule has 1 aliphatic heterocycles. The fourth-order valence-corrected chi connectivity index (χ4v) is 4.33. The van der Waals surface area contributed by atoms with Crippen LogP contribution >= 0.6 is 0 Å². The topological polar surface area (TPSA) is 67.9 Å². The van der Waals surface area contributed by atoms with Crippen LogP contribution in [0, 0.1) is 6.92 Å². The molecule has 1 aliphatic carbocycles. The van der Waals surface area contributed by atoms with Crippen molar-refractivity contribution in [1.82, 2.24) is 10.2 Å². The molecular weight excluding hydrogens is 356 g/mol. The van der Waals surface area contributed by atoms with Gasteiger partial charge < -0.3 is 14.8 Å². The van der Waals surface area contributed by atoms with Gasteiger partial charge in [-0.05, 0) is 30.9 Å². The van der Waals surface area contributed by atoms with E-state index >= 15 is 0 Å². The molecule has 2 aliphatic rings. The highest BCUT2D eigenvalue weighted by Gasteiger charge is 2.38. The summed E-state index contributed by atoms with van der Waals surface area (Å²) in [6, 6.07) is 7.71. The number of morpholine rings is 1.